The van der Waals surface area contributed by atoms with E-state index in [1.54, 1.807) is 18.0 Å². The number of carbonyl (C=O) groups excluding carboxylic acids is 1. The van der Waals surface area contributed by atoms with Crippen LogP contribution >= 0.6 is 0 Å². The molecule has 4 aliphatic heterocycles. The van der Waals surface area contributed by atoms with Crippen LogP contribution in [0, 0.1) is 0 Å². The summed E-state index contributed by atoms with van der Waals surface area (Å²) in [6, 6.07) is 3.30. The number of hydrogen-bond acceptors (Lipinski definition) is 10. The van der Waals surface area contributed by atoms with E-state index in [9.17, 15) is 15.0 Å². The summed E-state index contributed by atoms with van der Waals surface area (Å²) in [4.78, 5) is 22.6. The minimum atomic E-state index is -2.44. The molecule has 184 valence electrons. The molecule has 0 aromatic heterocycles. The van der Waals surface area contributed by atoms with E-state index in [-0.39, 0.29) is 23.9 Å². The molecule has 0 aliphatic carbocycles. The summed E-state index contributed by atoms with van der Waals surface area (Å²) >= 11 is 0. The van der Waals surface area contributed by atoms with E-state index >= 15 is 0 Å². The highest BCUT2D eigenvalue weighted by molar-refractivity contribution is 5.98. The number of nitrogens with zero attached hydrogens (tertiary/aromatic N) is 2. The summed E-state index contributed by atoms with van der Waals surface area (Å²) < 4.78 is 5.88. The number of aliphatic hydroxyl groups is 2. The molecular weight excluding hydrogens is 440 g/mol. The van der Waals surface area contributed by atoms with Gasteiger partial charge in [-0.25, -0.2) is 10.3 Å². The van der Waals surface area contributed by atoms with Crippen LogP contribution in [0.5, 0.6) is 5.75 Å². The van der Waals surface area contributed by atoms with Crippen LogP contribution in [-0.4, -0.2) is 89.3 Å². The fourth-order valence-electron chi connectivity index (χ4n) is 5.73. The Morgan fingerprint density at radius 3 is 2.88 bits per heavy atom. The number of para-hydroxylation sites is 1. The lowest BCUT2D eigenvalue weighted by Crippen LogP contribution is -2.90. The molecule has 4 aliphatic rings. The molecule has 0 radical (unpaired) electrons. The SMILES string of the molecule is CNC[C@@H]1N=C(N)N2CC(NC(=O)c3cccc4c3OCCC4(C)C)C(O)(O)C23NC(N)=[NH+][C@@H]13. The smallest absolute Gasteiger partial charge is 0.343 e. The number of aliphatic imine (C=N–C) groups is 1. The molecule has 1 fully saturated rings. The Hall–Kier alpha value is -3.09. The lowest BCUT2D eigenvalue weighted by Gasteiger charge is -2.46. The number of amides is 1. The van der Waals surface area contributed by atoms with Crippen LogP contribution < -0.4 is 37.1 Å². The zero-order chi connectivity index (χ0) is 24.5. The van der Waals surface area contributed by atoms with Crippen molar-refractivity contribution >= 4 is 17.8 Å². The normalized spacial score (nSPS) is 32.4. The van der Waals surface area contributed by atoms with Crippen LogP contribution in [0.2, 0.25) is 0 Å². The average molecular weight is 474 g/mol. The highest BCUT2D eigenvalue weighted by Crippen LogP contribution is 2.42. The maximum atomic E-state index is 13.4. The standard InChI is InChI=1S/C22H32N8O4/c1-20(2)7-8-34-15-11(5-4-6-12(15)20)17(31)27-14-10-30-19(24)26-13(9-25-3)16-21(30,22(14,32)33)29-18(23)28-16/h4-6,13-14,16,25,32-33H,7-10H2,1-3H3,(H2,24,26)(H,27,31)(H3,23,28,29)/p+1/t13-,14?,16-,21?/m0/s1. The first-order chi connectivity index (χ1) is 16.0. The first-order valence-corrected chi connectivity index (χ1v) is 11.5. The van der Waals surface area contributed by atoms with Gasteiger partial charge >= 0.3 is 5.96 Å². The van der Waals surface area contributed by atoms with Crippen LogP contribution in [-0.2, 0) is 5.41 Å². The Bertz CT molecular complexity index is 1090. The molecule has 34 heavy (non-hydrogen) atoms. The van der Waals surface area contributed by atoms with Gasteiger partial charge in [-0.2, -0.15) is 0 Å². The molecule has 1 aromatic rings. The highest BCUT2D eigenvalue weighted by atomic mass is 16.5. The van der Waals surface area contributed by atoms with Gasteiger partial charge in [-0.05, 0) is 24.9 Å². The Labute approximate surface area is 197 Å². The van der Waals surface area contributed by atoms with Gasteiger partial charge in [0.25, 0.3) is 11.6 Å². The first-order valence-electron chi connectivity index (χ1n) is 11.5. The largest absolute Gasteiger partial charge is 0.492 e. The van der Waals surface area contributed by atoms with Crippen LogP contribution in [0.3, 0.4) is 0 Å². The lowest BCUT2D eigenvalue weighted by molar-refractivity contribution is -0.521. The fraction of sp³-hybridized carbons (Fsp3) is 0.591. The maximum Gasteiger partial charge on any atom is 0.343 e. The molecule has 5 rings (SSSR count). The lowest BCUT2D eigenvalue weighted by atomic mass is 9.79. The van der Waals surface area contributed by atoms with Crippen molar-refractivity contribution in [3.05, 3.63) is 29.3 Å². The van der Waals surface area contributed by atoms with Crippen molar-refractivity contribution in [2.24, 2.45) is 16.5 Å². The van der Waals surface area contributed by atoms with Crippen LogP contribution in [0.15, 0.2) is 23.2 Å². The third-order valence-corrected chi connectivity index (χ3v) is 7.56. The van der Waals surface area contributed by atoms with Crippen molar-refractivity contribution in [2.75, 3.05) is 26.7 Å². The number of guanidine groups is 2. The zero-order valence-electron chi connectivity index (χ0n) is 19.6. The summed E-state index contributed by atoms with van der Waals surface area (Å²) in [7, 11) is 1.77. The third kappa shape index (κ3) is 2.98. The van der Waals surface area contributed by atoms with Gasteiger partial charge in [-0.1, -0.05) is 26.0 Å². The number of ether oxygens (including phenoxy) is 1. The van der Waals surface area contributed by atoms with Crippen molar-refractivity contribution in [2.45, 2.75) is 55.3 Å². The molecule has 1 amide bonds. The van der Waals surface area contributed by atoms with Gasteiger partial charge in [0.05, 0.1) is 18.7 Å². The van der Waals surface area contributed by atoms with Crippen LogP contribution in [0.25, 0.3) is 0 Å². The summed E-state index contributed by atoms with van der Waals surface area (Å²) in [6.45, 7) is 5.17. The van der Waals surface area contributed by atoms with Crippen LogP contribution in [0.4, 0.5) is 0 Å². The van der Waals surface area contributed by atoms with E-state index in [2.05, 4.69) is 39.8 Å². The third-order valence-electron chi connectivity index (χ3n) is 7.56. The van der Waals surface area contributed by atoms with Gasteiger partial charge < -0.3 is 31.3 Å². The highest BCUT2D eigenvalue weighted by Gasteiger charge is 2.76. The fourth-order valence-corrected chi connectivity index (χ4v) is 5.73. The summed E-state index contributed by atoms with van der Waals surface area (Å²) in [5.74, 6) is -2.08. The van der Waals surface area contributed by atoms with Gasteiger partial charge in [0.1, 0.15) is 17.8 Å². The molecule has 0 saturated carbocycles. The van der Waals surface area contributed by atoms with Crippen molar-refractivity contribution < 1.29 is 24.7 Å². The number of likely N-dealkylation sites (N-methyl/N-ethyl adjacent to an activating group) is 1. The second-order valence-corrected chi connectivity index (χ2v) is 10.1. The van der Waals surface area contributed by atoms with Gasteiger partial charge in [0, 0.05) is 12.1 Å². The Balaban J connectivity index is 1.48. The Morgan fingerprint density at radius 1 is 1.38 bits per heavy atom. The molecule has 4 atom stereocenters. The number of hydrogen-bond donors (Lipinski definition) is 8. The van der Waals surface area contributed by atoms with E-state index in [1.807, 2.05) is 12.1 Å². The second-order valence-electron chi connectivity index (χ2n) is 10.1. The predicted octanol–water partition coefficient (Wildman–Crippen LogP) is -4.18. The maximum absolute atomic E-state index is 13.4. The van der Waals surface area contributed by atoms with Crippen molar-refractivity contribution in [3.8, 4) is 5.75 Å². The van der Waals surface area contributed by atoms with Crippen molar-refractivity contribution in [1.29, 1.82) is 0 Å². The Morgan fingerprint density at radius 2 is 2.15 bits per heavy atom. The number of carbonyl (C=O) groups is 1. The molecule has 4 heterocycles. The van der Waals surface area contributed by atoms with Gasteiger partial charge in [-0.3, -0.25) is 20.4 Å². The minimum absolute atomic E-state index is 0.0141. The average Bonchev–Trinajstić information content (AvgIpc) is 3.23. The van der Waals surface area contributed by atoms with Crippen molar-refractivity contribution in [3.63, 3.8) is 0 Å². The van der Waals surface area contributed by atoms with E-state index in [1.165, 1.54) is 0 Å². The number of nitrogens with two attached hydrogens (primary N) is 2. The molecule has 2 unspecified atom stereocenters. The number of benzene rings is 1. The van der Waals surface area contributed by atoms with E-state index in [0.29, 0.717) is 24.5 Å². The predicted molar refractivity (Wildman–Crippen MR) is 124 cm³/mol. The molecule has 12 heteroatoms. The number of rotatable bonds is 4. The first kappa shape index (κ1) is 22.7. The molecule has 0 bridgehead atoms. The molecule has 10 N–H and O–H groups in total. The molecule has 1 spiro atoms. The quantitative estimate of drug-likeness (QED) is 0.201. The summed E-state index contributed by atoms with van der Waals surface area (Å²) in [6.07, 6.45) is 0.839. The van der Waals surface area contributed by atoms with E-state index in [0.717, 1.165) is 12.0 Å². The van der Waals surface area contributed by atoms with Gasteiger partial charge in [-0.15, -0.1) is 0 Å². The monoisotopic (exact) mass is 473 g/mol. The number of fused-ring (bicyclic) bond motifs is 1. The Kier molecular flexibility index (Phi) is 4.97. The van der Waals surface area contributed by atoms with Crippen LogP contribution in [0.1, 0.15) is 36.2 Å². The van der Waals surface area contributed by atoms with E-state index in [4.69, 9.17) is 16.2 Å². The van der Waals surface area contributed by atoms with E-state index < -0.39 is 35.5 Å². The van der Waals surface area contributed by atoms with Gasteiger partial charge in [0.15, 0.2) is 12.0 Å². The molecular formula is C22H33N8O4+. The number of nitrogens with one attached hydrogen (secondary N) is 4. The van der Waals surface area contributed by atoms with Crippen molar-refractivity contribution in [1.82, 2.24) is 20.9 Å². The summed E-state index contributed by atoms with van der Waals surface area (Å²) in [5.41, 5.74) is 11.9. The topological polar surface area (TPSA) is 184 Å². The minimum Gasteiger partial charge on any atom is -0.492 e. The zero-order valence-corrected chi connectivity index (χ0v) is 19.6. The molecule has 12 nitrogen and oxygen atoms in total. The van der Waals surface area contributed by atoms with Gasteiger partial charge in [0.2, 0.25) is 5.79 Å². The summed E-state index contributed by atoms with van der Waals surface area (Å²) in [5, 5.41) is 31.9. The second kappa shape index (κ2) is 7.45. The molecule has 1 aromatic carbocycles. The molecule has 1 saturated heterocycles.